The van der Waals surface area contributed by atoms with Crippen LogP contribution in [0.4, 0.5) is 0 Å². The lowest BCUT2D eigenvalue weighted by molar-refractivity contribution is -0.146. The second-order valence-corrected chi connectivity index (χ2v) is 6.90. The van der Waals surface area contributed by atoms with Crippen LogP contribution in [0.1, 0.15) is 56.1 Å². The molecule has 1 unspecified atom stereocenters. The first-order valence-electron chi connectivity index (χ1n) is 8.64. The van der Waals surface area contributed by atoms with E-state index in [0.717, 1.165) is 19.3 Å². The van der Waals surface area contributed by atoms with Gasteiger partial charge in [0.15, 0.2) is 0 Å². The van der Waals surface area contributed by atoms with Gasteiger partial charge in [-0.15, -0.1) is 0 Å². The number of H-pyrrole nitrogens is 1. The van der Waals surface area contributed by atoms with Gasteiger partial charge in [0, 0.05) is 12.6 Å². The number of aliphatic hydroxyl groups is 1. The number of aromatic nitrogens is 2. The molecule has 1 saturated carbocycles. The van der Waals surface area contributed by atoms with Gasteiger partial charge in [0.25, 0.3) is 5.56 Å². The minimum Gasteiger partial charge on any atom is -0.389 e. The summed E-state index contributed by atoms with van der Waals surface area (Å²) in [5, 5.41) is 10.7. The molecule has 2 heterocycles. The van der Waals surface area contributed by atoms with Crippen LogP contribution in [-0.2, 0) is 9.53 Å². The lowest BCUT2D eigenvalue weighted by Gasteiger charge is -2.38. The Balaban J connectivity index is 1.78. The fraction of sp³-hybridized carbons (Fsp3) is 0.706. The van der Waals surface area contributed by atoms with Crippen molar-refractivity contribution in [3.8, 4) is 0 Å². The van der Waals surface area contributed by atoms with Crippen molar-refractivity contribution in [1.29, 1.82) is 0 Å². The molecule has 1 amide bonds. The standard InChI is InChI=1S/C17H25N3O4/c1-12-18-13(9-15(21)19-12)14-11-24-8-7-20(14)16(22)10-17(23)5-3-2-4-6-17/h9,14,23H,2-8,10-11H2,1H3,(H,18,19,21). The number of hydrogen-bond acceptors (Lipinski definition) is 5. The Kier molecular flexibility index (Phi) is 5.01. The van der Waals surface area contributed by atoms with Gasteiger partial charge < -0.3 is 19.7 Å². The summed E-state index contributed by atoms with van der Waals surface area (Å²) in [6.07, 6.45) is 4.53. The second kappa shape index (κ2) is 7.03. The minimum absolute atomic E-state index is 0.0903. The van der Waals surface area contributed by atoms with E-state index in [1.807, 2.05) is 0 Å². The van der Waals surface area contributed by atoms with Crippen LogP contribution in [0.25, 0.3) is 0 Å². The Morgan fingerprint density at radius 3 is 2.92 bits per heavy atom. The van der Waals surface area contributed by atoms with Crippen molar-refractivity contribution in [2.45, 2.75) is 57.1 Å². The molecule has 2 fully saturated rings. The van der Waals surface area contributed by atoms with Crippen LogP contribution >= 0.6 is 0 Å². The lowest BCUT2D eigenvalue weighted by Crippen LogP contribution is -2.47. The average Bonchev–Trinajstić information content (AvgIpc) is 2.54. The summed E-state index contributed by atoms with van der Waals surface area (Å²) < 4.78 is 5.50. The molecule has 2 aliphatic rings. The molecule has 3 rings (SSSR count). The molecule has 1 aliphatic heterocycles. The lowest BCUT2D eigenvalue weighted by atomic mass is 9.82. The van der Waals surface area contributed by atoms with Crippen LogP contribution < -0.4 is 5.56 Å². The van der Waals surface area contributed by atoms with E-state index in [4.69, 9.17) is 4.74 Å². The summed E-state index contributed by atoms with van der Waals surface area (Å²) in [5.41, 5.74) is -0.586. The Morgan fingerprint density at radius 1 is 1.46 bits per heavy atom. The number of aromatic amines is 1. The normalized spacial score (nSPS) is 23.9. The molecule has 0 aromatic carbocycles. The maximum atomic E-state index is 12.8. The van der Waals surface area contributed by atoms with Crippen molar-refractivity contribution in [3.63, 3.8) is 0 Å². The highest BCUT2D eigenvalue weighted by molar-refractivity contribution is 5.78. The average molecular weight is 335 g/mol. The first kappa shape index (κ1) is 17.1. The Bertz CT molecular complexity index is 651. The number of amides is 1. The van der Waals surface area contributed by atoms with Gasteiger partial charge in [0.1, 0.15) is 5.82 Å². The fourth-order valence-corrected chi connectivity index (χ4v) is 3.69. The highest BCUT2D eigenvalue weighted by atomic mass is 16.5. The fourth-order valence-electron chi connectivity index (χ4n) is 3.69. The quantitative estimate of drug-likeness (QED) is 0.861. The summed E-state index contributed by atoms with van der Waals surface area (Å²) in [6.45, 7) is 2.95. The molecule has 0 bridgehead atoms. The molecule has 1 aliphatic carbocycles. The molecule has 1 aromatic heterocycles. The van der Waals surface area contributed by atoms with E-state index >= 15 is 0 Å². The maximum Gasteiger partial charge on any atom is 0.251 e. The van der Waals surface area contributed by atoms with E-state index in [1.54, 1.807) is 11.8 Å². The van der Waals surface area contributed by atoms with E-state index < -0.39 is 5.60 Å². The zero-order valence-electron chi connectivity index (χ0n) is 14.1. The van der Waals surface area contributed by atoms with E-state index in [9.17, 15) is 14.7 Å². The molecule has 0 spiro atoms. The van der Waals surface area contributed by atoms with Crippen molar-refractivity contribution < 1.29 is 14.6 Å². The zero-order chi connectivity index (χ0) is 17.2. The predicted octanol–water partition coefficient (Wildman–Crippen LogP) is 1.06. The van der Waals surface area contributed by atoms with Crippen molar-refractivity contribution in [2.75, 3.05) is 19.8 Å². The van der Waals surface area contributed by atoms with Crippen molar-refractivity contribution in [3.05, 3.63) is 27.9 Å². The van der Waals surface area contributed by atoms with Gasteiger partial charge in [-0.05, 0) is 19.8 Å². The van der Waals surface area contributed by atoms with E-state index in [-0.39, 0.29) is 23.9 Å². The number of morpholine rings is 1. The molecular weight excluding hydrogens is 310 g/mol. The molecule has 132 valence electrons. The Morgan fingerprint density at radius 2 is 2.21 bits per heavy atom. The van der Waals surface area contributed by atoms with Crippen molar-refractivity contribution in [2.24, 2.45) is 0 Å². The SMILES string of the molecule is Cc1nc(C2COCCN2C(=O)CC2(O)CCCCC2)cc(=O)[nH]1. The highest BCUT2D eigenvalue weighted by Gasteiger charge is 2.37. The largest absolute Gasteiger partial charge is 0.389 e. The summed E-state index contributed by atoms with van der Waals surface area (Å²) in [4.78, 5) is 33.2. The number of aryl methyl sites for hydroxylation is 1. The third-order valence-corrected chi connectivity index (χ3v) is 4.93. The third kappa shape index (κ3) is 3.84. The molecule has 1 atom stereocenters. The van der Waals surface area contributed by atoms with Gasteiger partial charge in [-0.2, -0.15) is 0 Å². The zero-order valence-corrected chi connectivity index (χ0v) is 14.1. The van der Waals surface area contributed by atoms with Gasteiger partial charge in [0.2, 0.25) is 5.91 Å². The van der Waals surface area contributed by atoms with Crippen LogP contribution in [0.3, 0.4) is 0 Å². The van der Waals surface area contributed by atoms with Crippen LogP contribution in [-0.4, -0.2) is 51.2 Å². The highest BCUT2D eigenvalue weighted by Crippen LogP contribution is 2.33. The molecule has 1 saturated heterocycles. The molecule has 1 aromatic rings. The Labute approximate surface area is 141 Å². The third-order valence-electron chi connectivity index (χ3n) is 4.93. The minimum atomic E-state index is -0.893. The van der Waals surface area contributed by atoms with E-state index in [2.05, 4.69) is 9.97 Å². The number of nitrogens with one attached hydrogen (secondary N) is 1. The van der Waals surface area contributed by atoms with Gasteiger partial charge >= 0.3 is 0 Å². The number of hydrogen-bond donors (Lipinski definition) is 2. The predicted molar refractivity (Wildman–Crippen MR) is 87.5 cm³/mol. The van der Waals surface area contributed by atoms with Gasteiger partial charge in [-0.3, -0.25) is 9.59 Å². The van der Waals surface area contributed by atoms with Crippen molar-refractivity contribution >= 4 is 5.91 Å². The van der Waals surface area contributed by atoms with Crippen LogP contribution in [0.2, 0.25) is 0 Å². The molecule has 24 heavy (non-hydrogen) atoms. The monoisotopic (exact) mass is 335 g/mol. The van der Waals surface area contributed by atoms with Crippen LogP contribution in [0, 0.1) is 6.92 Å². The van der Waals surface area contributed by atoms with E-state index in [0.29, 0.717) is 44.1 Å². The second-order valence-electron chi connectivity index (χ2n) is 6.90. The number of carbonyl (C=O) groups excluding carboxylic acids is 1. The topological polar surface area (TPSA) is 95.5 Å². The number of carbonyl (C=O) groups is 1. The van der Waals surface area contributed by atoms with Crippen LogP contribution in [0.15, 0.2) is 10.9 Å². The summed E-state index contributed by atoms with van der Waals surface area (Å²) in [5.74, 6) is 0.425. The van der Waals surface area contributed by atoms with Gasteiger partial charge in [-0.1, -0.05) is 19.3 Å². The molecular formula is C17H25N3O4. The molecule has 2 N–H and O–H groups in total. The van der Waals surface area contributed by atoms with Crippen molar-refractivity contribution in [1.82, 2.24) is 14.9 Å². The van der Waals surface area contributed by atoms with E-state index in [1.165, 1.54) is 6.07 Å². The maximum absolute atomic E-state index is 12.8. The van der Waals surface area contributed by atoms with Gasteiger partial charge in [-0.25, -0.2) is 4.98 Å². The molecule has 7 nitrogen and oxygen atoms in total. The number of ether oxygens (including phenoxy) is 1. The smallest absolute Gasteiger partial charge is 0.251 e. The Hall–Kier alpha value is -1.73. The first-order valence-corrected chi connectivity index (χ1v) is 8.64. The first-order chi connectivity index (χ1) is 11.5. The molecule has 7 heteroatoms. The van der Waals surface area contributed by atoms with Crippen LogP contribution in [0.5, 0.6) is 0 Å². The van der Waals surface area contributed by atoms with Gasteiger partial charge in [0.05, 0.1) is 37.0 Å². The molecule has 0 radical (unpaired) electrons. The summed E-state index contributed by atoms with van der Waals surface area (Å²) >= 11 is 0. The number of nitrogens with zero attached hydrogens (tertiary/aromatic N) is 2. The number of rotatable bonds is 3. The summed E-state index contributed by atoms with van der Waals surface area (Å²) in [7, 11) is 0. The summed E-state index contributed by atoms with van der Waals surface area (Å²) in [6, 6.07) is 1.04.